The molecule has 1 aliphatic carbocycles. The molecule has 1 atom stereocenters. The van der Waals surface area contributed by atoms with Gasteiger partial charge in [-0.1, -0.05) is 12.1 Å². The van der Waals surface area contributed by atoms with Gasteiger partial charge in [0, 0.05) is 10.6 Å². The van der Waals surface area contributed by atoms with Crippen LogP contribution in [-0.2, 0) is 10.8 Å². The van der Waals surface area contributed by atoms with Gasteiger partial charge in [0.05, 0.1) is 10.8 Å². The topological polar surface area (TPSA) is 57.5 Å². The molecule has 1 fully saturated rings. The predicted molar refractivity (Wildman–Crippen MR) is 60.3 cm³/mol. The first-order valence-corrected chi connectivity index (χ1v) is 6.33. The van der Waals surface area contributed by atoms with Crippen LogP contribution < -0.4 is 5.46 Å². The van der Waals surface area contributed by atoms with Crippen molar-refractivity contribution in [1.82, 2.24) is 0 Å². The zero-order valence-corrected chi connectivity index (χ0v) is 9.11. The summed E-state index contributed by atoms with van der Waals surface area (Å²) in [5.74, 6) is 1.37. The van der Waals surface area contributed by atoms with Gasteiger partial charge < -0.3 is 10.0 Å². The number of hydrogen-bond donors (Lipinski definition) is 2. The Balaban J connectivity index is 2.04. The molecular weight excluding hydrogens is 211 g/mol. The van der Waals surface area contributed by atoms with Gasteiger partial charge >= 0.3 is 7.12 Å². The van der Waals surface area contributed by atoms with Crippen LogP contribution in [0.1, 0.15) is 12.8 Å². The van der Waals surface area contributed by atoms with Gasteiger partial charge in [0.25, 0.3) is 0 Å². The lowest BCUT2D eigenvalue weighted by Crippen LogP contribution is -2.29. The summed E-state index contributed by atoms with van der Waals surface area (Å²) in [6.07, 6.45) is 2.39. The fraction of sp³-hybridized carbons (Fsp3) is 0.400. The highest BCUT2D eigenvalue weighted by Gasteiger charge is 2.24. The van der Waals surface area contributed by atoms with Gasteiger partial charge in [-0.2, -0.15) is 0 Å². The van der Waals surface area contributed by atoms with Crippen LogP contribution in [0.25, 0.3) is 0 Å². The van der Waals surface area contributed by atoms with E-state index in [0.717, 1.165) is 10.6 Å². The highest BCUT2D eigenvalue weighted by atomic mass is 32.2. The highest BCUT2D eigenvalue weighted by Crippen LogP contribution is 2.30. The van der Waals surface area contributed by atoms with Crippen molar-refractivity contribution in [2.45, 2.75) is 17.7 Å². The Labute approximate surface area is 91.7 Å². The van der Waals surface area contributed by atoms with Crippen molar-refractivity contribution in [2.75, 3.05) is 5.75 Å². The van der Waals surface area contributed by atoms with Crippen molar-refractivity contribution < 1.29 is 14.3 Å². The number of rotatable bonds is 4. The third-order valence-corrected chi connectivity index (χ3v) is 4.10. The minimum Gasteiger partial charge on any atom is -0.423 e. The van der Waals surface area contributed by atoms with Crippen LogP contribution in [-0.4, -0.2) is 27.1 Å². The van der Waals surface area contributed by atoms with Crippen molar-refractivity contribution in [3.8, 4) is 0 Å². The van der Waals surface area contributed by atoms with Crippen molar-refractivity contribution in [2.24, 2.45) is 5.92 Å². The van der Waals surface area contributed by atoms with E-state index in [9.17, 15) is 4.21 Å². The van der Waals surface area contributed by atoms with Crippen molar-refractivity contribution in [1.29, 1.82) is 0 Å². The molecule has 0 heterocycles. The summed E-state index contributed by atoms with van der Waals surface area (Å²) in [5, 5.41) is 17.8. The van der Waals surface area contributed by atoms with Gasteiger partial charge in [-0.25, -0.2) is 0 Å². The van der Waals surface area contributed by atoms with E-state index in [4.69, 9.17) is 10.0 Å². The maximum Gasteiger partial charge on any atom is 0.488 e. The molecule has 0 aromatic heterocycles. The lowest BCUT2D eigenvalue weighted by Gasteiger charge is -2.03. The molecule has 3 nitrogen and oxygen atoms in total. The van der Waals surface area contributed by atoms with E-state index in [0.29, 0.717) is 11.4 Å². The SMILES string of the molecule is O=[S@@](CC1CC1)c1ccc(B(O)O)cc1. The maximum atomic E-state index is 11.8. The monoisotopic (exact) mass is 224 g/mol. The van der Waals surface area contributed by atoms with E-state index in [1.165, 1.54) is 12.8 Å². The standard InChI is InChI=1S/C10H13BO3S/c12-11(13)9-3-5-10(6-4-9)15(14)7-8-1-2-8/h3-6,8,12-13H,1-2,7H2/t15-/m0/s1. The molecule has 0 bridgehead atoms. The summed E-state index contributed by atoms with van der Waals surface area (Å²) >= 11 is 0. The van der Waals surface area contributed by atoms with Crippen LogP contribution in [0.15, 0.2) is 29.2 Å². The summed E-state index contributed by atoms with van der Waals surface area (Å²) in [6, 6.07) is 6.61. The molecule has 0 spiro atoms. The lowest BCUT2D eigenvalue weighted by atomic mass is 9.81. The van der Waals surface area contributed by atoms with Crippen LogP contribution >= 0.6 is 0 Å². The van der Waals surface area contributed by atoms with Gasteiger partial charge in [-0.05, 0) is 36.4 Å². The molecule has 2 rings (SSSR count). The second-order valence-corrected chi connectivity index (χ2v) is 5.39. The highest BCUT2D eigenvalue weighted by molar-refractivity contribution is 7.85. The Hall–Kier alpha value is -0.645. The second kappa shape index (κ2) is 4.47. The molecule has 0 unspecified atom stereocenters. The predicted octanol–water partition coefficient (Wildman–Crippen LogP) is -0.116. The third kappa shape index (κ3) is 2.90. The van der Waals surface area contributed by atoms with Crippen molar-refractivity contribution in [3.05, 3.63) is 24.3 Å². The molecule has 1 aliphatic rings. The minimum absolute atomic E-state index is 0.433. The second-order valence-electron chi connectivity index (χ2n) is 3.90. The first-order chi connectivity index (χ1) is 7.16. The van der Waals surface area contributed by atoms with Gasteiger partial charge in [-0.15, -0.1) is 0 Å². The Morgan fingerprint density at radius 1 is 1.27 bits per heavy atom. The normalized spacial score (nSPS) is 17.5. The van der Waals surface area contributed by atoms with Gasteiger partial charge in [-0.3, -0.25) is 4.21 Å². The quantitative estimate of drug-likeness (QED) is 0.701. The average Bonchev–Trinajstić information content (AvgIpc) is 3.02. The Kier molecular flexibility index (Phi) is 3.24. The zero-order chi connectivity index (χ0) is 10.8. The molecule has 0 saturated heterocycles. The van der Waals surface area contributed by atoms with Crippen LogP contribution in [0.2, 0.25) is 0 Å². The molecule has 0 amide bonds. The van der Waals surface area contributed by atoms with E-state index >= 15 is 0 Å². The molecule has 0 radical (unpaired) electrons. The van der Waals surface area contributed by atoms with Gasteiger partial charge in [0.2, 0.25) is 0 Å². The molecule has 5 heteroatoms. The molecular formula is C10H13BO3S. The summed E-state index contributed by atoms with van der Waals surface area (Å²) in [5.41, 5.74) is 0.433. The first kappa shape index (κ1) is 10.9. The van der Waals surface area contributed by atoms with E-state index in [2.05, 4.69) is 0 Å². The lowest BCUT2D eigenvalue weighted by molar-refractivity contribution is 0.425. The smallest absolute Gasteiger partial charge is 0.423 e. The summed E-state index contributed by atoms with van der Waals surface area (Å²) in [7, 11) is -2.38. The number of benzene rings is 1. The maximum absolute atomic E-state index is 11.8. The van der Waals surface area contributed by atoms with Crippen LogP contribution in [0.5, 0.6) is 0 Å². The molecule has 1 aromatic rings. The first-order valence-electron chi connectivity index (χ1n) is 5.01. The summed E-state index contributed by atoms with van der Waals surface area (Å²) in [4.78, 5) is 0.770. The van der Waals surface area contributed by atoms with E-state index < -0.39 is 17.9 Å². The Bertz CT molecular complexity index is 359. The van der Waals surface area contributed by atoms with Crippen LogP contribution in [0.3, 0.4) is 0 Å². The minimum atomic E-state index is -1.45. The fourth-order valence-corrected chi connectivity index (χ4v) is 2.78. The molecule has 1 saturated carbocycles. The van der Waals surface area contributed by atoms with Gasteiger partial charge in [0.15, 0.2) is 0 Å². The van der Waals surface area contributed by atoms with Crippen LogP contribution in [0, 0.1) is 5.92 Å². The fourth-order valence-electron chi connectivity index (χ4n) is 1.39. The van der Waals surface area contributed by atoms with Crippen molar-refractivity contribution >= 4 is 23.4 Å². The van der Waals surface area contributed by atoms with Crippen LogP contribution in [0.4, 0.5) is 0 Å². The zero-order valence-electron chi connectivity index (χ0n) is 8.30. The van der Waals surface area contributed by atoms with Gasteiger partial charge in [0.1, 0.15) is 0 Å². The molecule has 2 N–H and O–H groups in total. The summed E-state index contributed by atoms with van der Waals surface area (Å²) in [6.45, 7) is 0. The van der Waals surface area contributed by atoms with E-state index in [1.807, 2.05) is 0 Å². The molecule has 0 aliphatic heterocycles. The molecule has 15 heavy (non-hydrogen) atoms. The van der Waals surface area contributed by atoms with Crippen molar-refractivity contribution in [3.63, 3.8) is 0 Å². The molecule has 1 aromatic carbocycles. The summed E-state index contributed by atoms with van der Waals surface area (Å²) < 4.78 is 11.8. The Morgan fingerprint density at radius 3 is 2.33 bits per heavy atom. The molecule has 80 valence electrons. The third-order valence-electron chi connectivity index (χ3n) is 2.53. The van der Waals surface area contributed by atoms with E-state index in [-0.39, 0.29) is 0 Å². The number of hydrogen-bond acceptors (Lipinski definition) is 3. The average molecular weight is 224 g/mol. The Morgan fingerprint density at radius 2 is 1.87 bits per heavy atom. The van der Waals surface area contributed by atoms with E-state index in [1.54, 1.807) is 24.3 Å². The largest absolute Gasteiger partial charge is 0.488 e.